The van der Waals surface area contributed by atoms with E-state index in [0.29, 0.717) is 10.9 Å². The molecule has 0 N–H and O–H groups in total. The van der Waals surface area contributed by atoms with Crippen molar-refractivity contribution in [2.45, 2.75) is 16.7 Å². The molecule has 22 heavy (non-hydrogen) atoms. The number of aryl methyl sites for hydroxylation is 1. The van der Waals surface area contributed by atoms with Gasteiger partial charge >= 0.3 is 0 Å². The molecule has 0 amide bonds. The maximum Gasteiger partial charge on any atom is 0.209 e. The van der Waals surface area contributed by atoms with E-state index in [1.807, 2.05) is 6.92 Å². The van der Waals surface area contributed by atoms with Crippen LogP contribution >= 0.6 is 11.6 Å². The van der Waals surface area contributed by atoms with E-state index >= 15 is 0 Å². The molecule has 3 aromatic rings. The first-order valence-corrected chi connectivity index (χ1v) is 8.31. The van der Waals surface area contributed by atoms with Crippen molar-refractivity contribution in [1.29, 1.82) is 0 Å². The standard InChI is InChI=1S/C16H11ClFNO2S/c1-10-2-5-12(6-3-10)22(20,21)15-9-19-14-8-11(18)4-7-13(14)16(15)17/h2-9H,1H3. The number of rotatable bonds is 2. The summed E-state index contributed by atoms with van der Waals surface area (Å²) in [5.74, 6) is -0.454. The van der Waals surface area contributed by atoms with Crippen molar-refractivity contribution in [3.8, 4) is 0 Å². The zero-order chi connectivity index (χ0) is 15.9. The van der Waals surface area contributed by atoms with E-state index in [-0.39, 0.29) is 14.8 Å². The first-order chi connectivity index (χ1) is 10.4. The third-order valence-corrected chi connectivity index (χ3v) is 5.65. The molecule has 6 heteroatoms. The summed E-state index contributed by atoms with van der Waals surface area (Å²) in [7, 11) is -3.78. The number of hydrogen-bond acceptors (Lipinski definition) is 3. The molecule has 0 aliphatic heterocycles. The van der Waals surface area contributed by atoms with Crippen LogP contribution in [0, 0.1) is 12.7 Å². The van der Waals surface area contributed by atoms with Crippen molar-refractivity contribution in [3.05, 3.63) is 65.1 Å². The number of sulfone groups is 1. The minimum absolute atomic E-state index is 0.0468. The molecule has 112 valence electrons. The van der Waals surface area contributed by atoms with Gasteiger partial charge in [-0.05, 0) is 31.2 Å². The molecule has 1 heterocycles. The van der Waals surface area contributed by atoms with E-state index in [1.54, 1.807) is 12.1 Å². The van der Waals surface area contributed by atoms with Crippen molar-refractivity contribution in [1.82, 2.24) is 4.98 Å². The fraction of sp³-hybridized carbons (Fsp3) is 0.0625. The Morgan fingerprint density at radius 3 is 2.45 bits per heavy atom. The van der Waals surface area contributed by atoms with E-state index in [0.717, 1.165) is 5.56 Å². The summed E-state index contributed by atoms with van der Waals surface area (Å²) in [6.07, 6.45) is 1.17. The van der Waals surface area contributed by atoms with Gasteiger partial charge in [0.15, 0.2) is 0 Å². The summed E-state index contributed by atoms with van der Waals surface area (Å²) < 4.78 is 38.6. The summed E-state index contributed by atoms with van der Waals surface area (Å²) in [4.78, 5) is 4.06. The fourth-order valence-electron chi connectivity index (χ4n) is 2.15. The number of hydrogen-bond donors (Lipinski definition) is 0. The predicted molar refractivity (Wildman–Crippen MR) is 83.3 cm³/mol. The average molecular weight is 336 g/mol. The Labute approximate surface area is 132 Å². The van der Waals surface area contributed by atoms with Gasteiger partial charge in [0.1, 0.15) is 10.7 Å². The summed E-state index contributed by atoms with van der Waals surface area (Å²) in [5.41, 5.74) is 1.27. The lowest BCUT2D eigenvalue weighted by atomic mass is 10.2. The molecular weight excluding hydrogens is 325 g/mol. The lowest BCUT2D eigenvalue weighted by Gasteiger charge is -2.09. The minimum Gasteiger partial charge on any atom is -0.255 e. The van der Waals surface area contributed by atoms with Gasteiger partial charge in [-0.25, -0.2) is 12.8 Å². The van der Waals surface area contributed by atoms with Crippen molar-refractivity contribution in [3.63, 3.8) is 0 Å². The van der Waals surface area contributed by atoms with Crippen molar-refractivity contribution in [2.75, 3.05) is 0 Å². The van der Waals surface area contributed by atoms with Crippen LogP contribution in [-0.4, -0.2) is 13.4 Å². The molecule has 2 aromatic carbocycles. The quantitative estimate of drug-likeness (QED) is 0.706. The summed E-state index contributed by atoms with van der Waals surface area (Å²) >= 11 is 6.22. The number of fused-ring (bicyclic) bond motifs is 1. The van der Waals surface area contributed by atoms with Crippen molar-refractivity contribution < 1.29 is 12.8 Å². The van der Waals surface area contributed by atoms with E-state index in [4.69, 9.17) is 11.6 Å². The topological polar surface area (TPSA) is 47.0 Å². The molecule has 0 fully saturated rings. The molecule has 0 saturated heterocycles. The van der Waals surface area contributed by atoms with Crippen LogP contribution in [0.2, 0.25) is 5.02 Å². The third kappa shape index (κ3) is 2.46. The van der Waals surface area contributed by atoms with E-state index < -0.39 is 15.7 Å². The molecule has 0 aliphatic carbocycles. The van der Waals surface area contributed by atoms with Crippen LogP contribution in [0.15, 0.2) is 58.5 Å². The highest BCUT2D eigenvalue weighted by atomic mass is 35.5. The van der Waals surface area contributed by atoms with Crippen LogP contribution in [0.5, 0.6) is 0 Å². The maximum atomic E-state index is 13.2. The van der Waals surface area contributed by atoms with Crippen LogP contribution in [0.1, 0.15) is 5.56 Å². The molecule has 0 bridgehead atoms. The van der Waals surface area contributed by atoms with Crippen LogP contribution in [0.4, 0.5) is 4.39 Å². The van der Waals surface area contributed by atoms with Gasteiger partial charge in [-0.1, -0.05) is 29.3 Å². The molecule has 0 radical (unpaired) electrons. The van der Waals surface area contributed by atoms with Gasteiger partial charge < -0.3 is 0 Å². The van der Waals surface area contributed by atoms with Crippen molar-refractivity contribution >= 4 is 32.3 Å². The Hall–Kier alpha value is -1.98. The maximum absolute atomic E-state index is 13.2. The summed E-state index contributed by atoms with van der Waals surface area (Å²) in [6.45, 7) is 1.87. The average Bonchev–Trinajstić information content (AvgIpc) is 2.47. The van der Waals surface area contributed by atoms with Crippen LogP contribution in [-0.2, 0) is 9.84 Å². The van der Waals surface area contributed by atoms with E-state index in [1.165, 1.54) is 36.5 Å². The second kappa shape index (κ2) is 5.34. The summed E-state index contributed by atoms with van der Waals surface area (Å²) in [5, 5.41) is 0.446. The van der Waals surface area contributed by atoms with Gasteiger partial charge in [-0.2, -0.15) is 0 Å². The van der Waals surface area contributed by atoms with Gasteiger partial charge in [0.2, 0.25) is 9.84 Å². The van der Waals surface area contributed by atoms with E-state index in [2.05, 4.69) is 4.98 Å². The SMILES string of the molecule is Cc1ccc(S(=O)(=O)c2cnc3cc(F)ccc3c2Cl)cc1. The van der Waals surface area contributed by atoms with Gasteiger partial charge in [0.25, 0.3) is 0 Å². The molecule has 0 spiro atoms. The van der Waals surface area contributed by atoms with Crippen LogP contribution < -0.4 is 0 Å². The summed E-state index contributed by atoms with van der Waals surface area (Å²) in [6, 6.07) is 10.3. The molecular formula is C16H11ClFNO2S. The van der Waals surface area contributed by atoms with Gasteiger partial charge in [-0.15, -0.1) is 0 Å². The fourth-order valence-corrected chi connectivity index (χ4v) is 3.95. The van der Waals surface area contributed by atoms with Crippen LogP contribution in [0.3, 0.4) is 0 Å². The van der Waals surface area contributed by atoms with Gasteiger partial charge in [-0.3, -0.25) is 4.98 Å². The molecule has 1 aromatic heterocycles. The Morgan fingerprint density at radius 2 is 1.77 bits per heavy atom. The second-order valence-electron chi connectivity index (χ2n) is 4.91. The number of benzene rings is 2. The Kier molecular flexibility index (Phi) is 3.62. The van der Waals surface area contributed by atoms with Crippen molar-refractivity contribution in [2.24, 2.45) is 0 Å². The highest BCUT2D eigenvalue weighted by Gasteiger charge is 2.22. The van der Waals surface area contributed by atoms with Gasteiger partial charge in [0.05, 0.1) is 15.4 Å². The number of pyridine rings is 1. The zero-order valence-corrected chi connectivity index (χ0v) is 13.1. The lowest BCUT2D eigenvalue weighted by Crippen LogP contribution is -2.04. The minimum atomic E-state index is -3.78. The molecule has 3 rings (SSSR count). The first-order valence-electron chi connectivity index (χ1n) is 6.45. The van der Waals surface area contributed by atoms with Crippen LogP contribution in [0.25, 0.3) is 10.9 Å². The Balaban J connectivity index is 2.23. The van der Waals surface area contributed by atoms with Gasteiger partial charge in [0, 0.05) is 17.6 Å². The normalized spacial score (nSPS) is 11.8. The second-order valence-corrected chi connectivity index (χ2v) is 7.21. The highest BCUT2D eigenvalue weighted by Crippen LogP contribution is 2.32. The number of halogens is 2. The lowest BCUT2D eigenvalue weighted by molar-refractivity contribution is 0.596. The Morgan fingerprint density at radius 1 is 1.09 bits per heavy atom. The Bertz CT molecular complexity index is 969. The first kappa shape index (κ1) is 14.9. The molecule has 0 unspecified atom stereocenters. The number of nitrogens with zero attached hydrogens (tertiary/aromatic N) is 1. The third-order valence-electron chi connectivity index (χ3n) is 3.35. The molecule has 0 aliphatic rings. The molecule has 0 atom stereocenters. The molecule has 0 saturated carbocycles. The smallest absolute Gasteiger partial charge is 0.209 e. The number of aromatic nitrogens is 1. The monoisotopic (exact) mass is 335 g/mol. The highest BCUT2D eigenvalue weighted by molar-refractivity contribution is 7.91. The van der Waals surface area contributed by atoms with E-state index in [9.17, 15) is 12.8 Å². The predicted octanol–water partition coefficient (Wildman–Crippen LogP) is 4.17. The molecule has 3 nitrogen and oxygen atoms in total. The largest absolute Gasteiger partial charge is 0.255 e. The zero-order valence-electron chi connectivity index (χ0n) is 11.5.